The van der Waals surface area contributed by atoms with E-state index in [9.17, 15) is 14.0 Å². The van der Waals surface area contributed by atoms with Crippen LogP contribution in [0, 0.1) is 18.2 Å². The number of aromatic nitrogens is 1. The summed E-state index contributed by atoms with van der Waals surface area (Å²) >= 11 is 1.48. The van der Waals surface area contributed by atoms with Crippen LogP contribution in [0.15, 0.2) is 53.9 Å². The molecule has 168 valence electrons. The zero-order valence-electron chi connectivity index (χ0n) is 18.1. The van der Waals surface area contributed by atoms with Crippen molar-refractivity contribution in [2.24, 2.45) is 0 Å². The van der Waals surface area contributed by atoms with Gasteiger partial charge in [0.05, 0.1) is 5.01 Å². The zero-order chi connectivity index (χ0) is 23.2. The summed E-state index contributed by atoms with van der Waals surface area (Å²) in [4.78, 5) is 31.5. The van der Waals surface area contributed by atoms with E-state index in [0.29, 0.717) is 37.3 Å². The number of carbonyl (C=O) groups is 2. The second-order valence-corrected chi connectivity index (χ2v) is 8.83. The summed E-state index contributed by atoms with van der Waals surface area (Å²) in [7, 11) is 0. The number of carbonyl (C=O) groups excluding carboxylic acids is 2. The van der Waals surface area contributed by atoms with Gasteiger partial charge in [0.1, 0.15) is 11.5 Å². The minimum atomic E-state index is -0.307. The molecule has 0 unspecified atom stereocenters. The topological polar surface area (TPSA) is 62.3 Å². The van der Waals surface area contributed by atoms with Crippen molar-refractivity contribution in [3.8, 4) is 23.5 Å². The van der Waals surface area contributed by atoms with Gasteiger partial charge in [-0.1, -0.05) is 30.3 Å². The highest BCUT2D eigenvalue weighted by Crippen LogP contribution is 2.32. The van der Waals surface area contributed by atoms with Gasteiger partial charge < -0.3 is 10.2 Å². The molecule has 5 nitrogen and oxygen atoms in total. The van der Waals surface area contributed by atoms with Gasteiger partial charge >= 0.3 is 0 Å². The van der Waals surface area contributed by atoms with E-state index >= 15 is 0 Å². The molecule has 1 aliphatic heterocycles. The van der Waals surface area contributed by atoms with Crippen LogP contribution >= 0.6 is 11.3 Å². The molecule has 0 bridgehead atoms. The number of amides is 2. The highest BCUT2D eigenvalue weighted by atomic mass is 32.1. The molecule has 0 spiro atoms. The molecule has 0 atom stereocenters. The largest absolute Gasteiger partial charge is 0.343 e. The summed E-state index contributed by atoms with van der Waals surface area (Å²) in [6.07, 6.45) is 7.75. The van der Waals surface area contributed by atoms with Gasteiger partial charge in [-0.05, 0) is 36.6 Å². The molecule has 0 saturated carbocycles. The van der Waals surface area contributed by atoms with E-state index in [2.05, 4.69) is 16.2 Å². The monoisotopic (exact) mass is 461 g/mol. The molecule has 7 heteroatoms. The predicted octanol–water partition coefficient (Wildman–Crippen LogP) is 5.32. The van der Waals surface area contributed by atoms with Crippen LogP contribution in [-0.4, -0.2) is 34.8 Å². The maximum absolute atomic E-state index is 13.3. The zero-order valence-corrected chi connectivity index (χ0v) is 18.9. The fourth-order valence-electron chi connectivity index (χ4n) is 3.95. The number of nitrogens with zero attached hydrogens (tertiary/aromatic N) is 2. The average Bonchev–Trinajstić information content (AvgIpc) is 3.34. The van der Waals surface area contributed by atoms with Gasteiger partial charge in [-0.3, -0.25) is 9.59 Å². The van der Waals surface area contributed by atoms with E-state index < -0.39 is 0 Å². The molecule has 2 amide bonds. The highest BCUT2D eigenvalue weighted by Gasteiger charge is 2.26. The molecule has 3 aromatic rings. The molecule has 33 heavy (non-hydrogen) atoms. The Hall–Kier alpha value is -3.50. The molecule has 4 rings (SSSR count). The smallest absolute Gasteiger partial charge is 0.275 e. The van der Waals surface area contributed by atoms with E-state index in [0.717, 1.165) is 29.0 Å². The van der Waals surface area contributed by atoms with Crippen LogP contribution in [-0.2, 0) is 4.79 Å². The molecule has 2 aromatic carbocycles. The van der Waals surface area contributed by atoms with Crippen molar-refractivity contribution >= 4 is 28.8 Å². The number of thiazole rings is 1. The lowest BCUT2D eigenvalue weighted by molar-refractivity contribution is -0.132. The molecule has 1 saturated heterocycles. The molecule has 2 heterocycles. The SMILES string of the molecule is C#CCCC(=O)N1CCC(c2nc(C(=O)Nc3ccccc3-c3ccc(F)cc3)cs2)CC1. The summed E-state index contributed by atoms with van der Waals surface area (Å²) in [5.41, 5.74) is 2.64. The van der Waals surface area contributed by atoms with Crippen LogP contribution in [0.2, 0.25) is 0 Å². The molecule has 1 aromatic heterocycles. The fourth-order valence-corrected chi connectivity index (χ4v) is 4.92. The number of hydrogen-bond donors (Lipinski definition) is 1. The fraction of sp³-hybridized carbons (Fsp3) is 0.269. The summed E-state index contributed by atoms with van der Waals surface area (Å²) in [5, 5.41) is 5.63. The number of likely N-dealkylation sites (tertiary alicyclic amines) is 1. The van der Waals surface area contributed by atoms with Crippen molar-refractivity contribution in [2.75, 3.05) is 18.4 Å². The summed E-state index contributed by atoms with van der Waals surface area (Å²) < 4.78 is 13.3. The molecule has 1 fully saturated rings. The Balaban J connectivity index is 1.40. The van der Waals surface area contributed by atoms with Crippen molar-refractivity contribution in [2.45, 2.75) is 31.6 Å². The third-order valence-corrected chi connectivity index (χ3v) is 6.77. The number of anilines is 1. The number of nitrogens with one attached hydrogen (secondary N) is 1. The molecule has 1 aliphatic rings. The Bertz CT molecular complexity index is 1170. The van der Waals surface area contributed by atoms with Crippen molar-refractivity contribution in [1.29, 1.82) is 0 Å². The molecule has 0 aliphatic carbocycles. The lowest BCUT2D eigenvalue weighted by Gasteiger charge is -2.31. The van der Waals surface area contributed by atoms with E-state index in [1.807, 2.05) is 29.2 Å². The normalized spacial score (nSPS) is 14.0. The Morgan fingerprint density at radius 2 is 1.88 bits per heavy atom. The third kappa shape index (κ3) is 5.47. The summed E-state index contributed by atoms with van der Waals surface area (Å²) in [6.45, 7) is 1.36. The van der Waals surface area contributed by atoms with Gasteiger partial charge in [-0.25, -0.2) is 9.37 Å². The average molecular weight is 462 g/mol. The van der Waals surface area contributed by atoms with Gasteiger partial charge in [-0.15, -0.1) is 23.7 Å². The maximum Gasteiger partial charge on any atom is 0.275 e. The number of hydrogen-bond acceptors (Lipinski definition) is 4. The van der Waals surface area contributed by atoms with Crippen LogP contribution in [0.1, 0.15) is 47.1 Å². The maximum atomic E-state index is 13.3. The van der Waals surface area contributed by atoms with Crippen molar-refractivity contribution in [3.63, 3.8) is 0 Å². The Morgan fingerprint density at radius 3 is 2.61 bits per heavy atom. The first kappa shape index (κ1) is 22.7. The lowest BCUT2D eigenvalue weighted by Crippen LogP contribution is -2.37. The minimum Gasteiger partial charge on any atom is -0.343 e. The summed E-state index contributed by atoms with van der Waals surface area (Å²) in [5.74, 6) is 2.26. The van der Waals surface area contributed by atoms with Crippen LogP contribution in [0.5, 0.6) is 0 Å². The first-order valence-electron chi connectivity index (χ1n) is 10.9. The highest BCUT2D eigenvalue weighted by molar-refractivity contribution is 7.10. The summed E-state index contributed by atoms with van der Waals surface area (Å²) in [6, 6.07) is 13.6. The van der Waals surface area contributed by atoms with Crippen molar-refractivity contribution < 1.29 is 14.0 Å². The van der Waals surface area contributed by atoms with Crippen LogP contribution in [0.3, 0.4) is 0 Å². The number of terminal acetylenes is 1. The number of piperidine rings is 1. The third-order valence-electron chi connectivity index (χ3n) is 5.77. The Morgan fingerprint density at radius 1 is 1.15 bits per heavy atom. The van der Waals surface area contributed by atoms with Gasteiger partial charge in [0, 0.05) is 48.5 Å². The van der Waals surface area contributed by atoms with Crippen LogP contribution in [0.25, 0.3) is 11.1 Å². The molecule has 0 radical (unpaired) electrons. The number of halogens is 1. The first-order chi connectivity index (χ1) is 16.0. The second-order valence-electron chi connectivity index (χ2n) is 7.94. The standard InChI is InChI=1S/C26H24FN3O2S/c1-2-3-8-24(31)30-15-13-19(14-16-30)26-29-23(17-33-26)25(32)28-22-7-5-4-6-21(22)18-9-11-20(27)12-10-18/h1,4-7,9-12,17,19H,3,8,13-16H2,(H,28,32). The Kier molecular flexibility index (Phi) is 7.16. The van der Waals surface area contributed by atoms with Gasteiger partial charge in [0.2, 0.25) is 5.91 Å². The molecule has 1 N–H and O–H groups in total. The minimum absolute atomic E-state index is 0.102. The molecular formula is C26H24FN3O2S. The van der Waals surface area contributed by atoms with Crippen LogP contribution < -0.4 is 5.32 Å². The first-order valence-corrected chi connectivity index (χ1v) is 11.8. The van der Waals surface area contributed by atoms with Gasteiger partial charge in [0.25, 0.3) is 5.91 Å². The Labute approximate surface area is 196 Å². The van der Waals surface area contributed by atoms with Crippen molar-refractivity contribution in [1.82, 2.24) is 9.88 Å². The van der Waals surface area contributed by atoms with Gasteiger partial charge in [0.15, 0.2) is 0 Å². The van der Waals surface area contributed by atoms with Gasteiger partial charge in [-0.2, -0.15) is 0 Å². The number of benzene rings is 2. The van der Waals surface area contributed by atoms with E-state index in [1.54, 1.807) is 17.5 Å². The number of rotatable bonds is 6. The number of para-hydroxylation sites is 1. The van der Waals surface area contributed by atoms with Crippen LogP contribution in [0.4, 0.5) is 10.1 Å². The van der Waals surface area contributed by atoms with Crippen molar-refractivity contribution in [3.05, 3.63) is 70.4 Å². The lowest BCUT2D eigenvalue weighted by atomic mass is 9.97. The van der Waals surface area contributed by atoms with E-state index in [4.69, 9.17) is 6.42 Å². The molecular weight excluding hydrogens is 437 g/mol. The predicted molar refractivity (Wildman–Crippen MR) is 129 cm³/mol. The quantitative estimate of drug-likeness (QED) is 0.506. The van der Waals surface area contributed by atoms with E-state index in [1.165, 1.54) is 23.5 Å². The van der Waals surface area contributed by atoms with E-state index in [-0.39, 0.29) is 23.5 Å². The second kappa shape index (κ2) is 10.4.